The van der Waals surface area contributed by atoms with Crippen molar-refractivity contribution in [3.63, 3.8) is 0 Å². The van der Waals surface area contributed by atoms with Crippen molar-refractivity contribution in [1.29, 1.82) is 0 Å². The third kappa shape index (κ3) is 3.08. The summed E-state index contributed by atoms with van der Waals surface area (Å²) in [5, 5.41) is 4.05. The lowest BCUT2D eigenvalue weighted by Gasteiger charge is -2.37. The first-order valence-corrected chi connectivity index (χ1v) is 8.82. The van der Waals surface area contributed by atoms with Crippen LogP contribution in [0.2, 0.25) is 0 Å². The van der Waals surface area contributed by atoms with Crippen molar-refractivity contribution < 1.29 is 14.1 Å². The number of ether oxygens (including phenoxy) is 1. The smallest absolute Gasteiger partial charge is 0.255 e. The molecule has 0 saturated carbocycles. The molecule has 1 aromatic carbocycles. The summed E-state index contributed by atoms with van der Waals surface area (Å²) in [7, 11) is 1.60. The molecule has 0 unspecified atom stereocenters. The van der Waals surface area contributed by atoms with E-state index < -0.39 is 0 Å². The van der Waals surface area contributed by atoms with Gasteiger partial charge in [-0.2, -0.15) is 4.98 Å². The molecule has 1 amide bonds. The number of para-hydroxylation sites is 1. The molecule has 2 aromatic heterocycles. The van der Waals surface area contributed by atoms with E-state index in [9.17, 15) is 4.79 Å². The van der Waals surface area contributed by atoms with E-state index in [1.807, 2.05) is 24.3 Å². The lowest BCUT2D eigenvalue weighted by Crippen LogP contribution is -2.48. The summed E-state index contributed by atoms with van der Waals surface area (Å²) in [5.41, 5.74) is 1.33. The predicted octanol–water partition coefficient (Wildman–Crippen LogP) is 3.14. The quantitative estimate of drug-likeness (QED) is 0.651. The minimum atomic E-state index is -0.0560. The van der Waals surface area contributed by atoms with Gasteiger partial charge in [0.2, 0.25) is 11.7 Å². The van der Waals surface area contributed by atoms with E-state index in [1.165, 1.54) is 0 Å². The van der Waals surface area contributed by atoms with Crippen LogP contribution in [0.25, 0.3) is 11.4 Å². The van der Waals surface area contributed by atoms with Gasteiger partial charge in [-0.05, 0) is 34.1 Å². The second-order valence-corrected chi connectivity index (χ2v) is 6.87. The van der Waals surface area contributed by atoms with Crippen molar-refractivity contribution >= 4 is 21.8 Å². The van der Waals surface area contributed by atoms with E-state index in [1.54, 1.807) is 30.5 Å². The monoisotopic (exact) mass is 414 g/mol. The lowest BCUT2D eigenvalue weighted by atomic mass is 9.99. The number of amides is 1. The van der Waals surface area contributed by atoms with Crippen LogP contribution in [0.15, 0.2) is 51.7 Å². The van der Waals surface area contributed by atoms with Gasteiger partial charge in [-0.25, -0.2) is 0 Å². The van der Waals surface area contributed by atoms with Crippen molar-refractivity contribution in [2.24, 2.45) is 0 Å². The van der Waals surface area contributed by atoms with E-state index >= 15 is 0 Å². The zero-order chi connectivity index (χ0) is 18.1. The van der Waals surface area contributed by atoms with Crippen LogP contribution in [-0.4, -0.2) is 46.1 Å². The van der Waals surface area contributed by atoms with E-state index in [4.69, 9.17) is 9.26 Å². The molecule has 3 aromatic rings. The predicted molar refractivity (Wildman–Crippen MR) is 96.9 cm³/mol. The molecule has 8 heteroatoms. The summed E-state index contributed by atoms with van der Waals surface area (Å²) in [4.78, 5) is 22.7. The Balaban J connectivity index is 1.45. The normalized spacial score (nSPS) is 14.2. The number of benzene rings is 1. The summed E-state index contributed by atoms with van der Waals surface area (Å²) < 4.78 is 11.5. The highest BCUT2D eigenvalue weighted by atomic mass is 79.9. The average Bonchev–Trinajstić information content (AvgIpc) is 3.09. The van der Waals surface area contributed by atoms with E-state index in [0.29, 0.717) is 36.1 Å². The number of carbonyl (C=O) groups is 1. The largest absolute Gasteiger partial charge is 0.496 e. The van der Waals surface area contributed by atoms with Crippen molar-refractivity contribution in [1.82, 2.24) is 20.0 Å². The number of carbonyl (C=O) groups excluding carboxylic acids is 1. The van der Waals surface area contributed by atoms with Crippen molar-refractivity contribution in [3.05, 3.63) is 58.7 Å². The summed E-state index contributed by atoms with van der Waals surface area (Å²) in [6, 6.07) is 9.26. The maximum Gasteiger partial charge on any atom is 0.255 e. The van der Waals surface area contributed by atoms with Crippen LogP contribution in [-0.2, 0) is 0 Å². The van der Waals surface area contributed by atoms with Crippen molar-refractivity contribution in [2.45, 2.75) is 5.92 Å². The average molecular weight is 415 g/mol. The van der Waals surface area contributed by atoms with Gasteiger partial charge in [0.15, 0.2) is 0 Å². The molecule has 0 spiro atoms. The number of rotatable bonds is 4. The maximum atomic E-state index is 12.4. The number of likely N-dealkylation sites (tertiary alicyclic amines) is 1. The number of hydrogen-bond donors (Lipinski definition) is 0. The Kier molecular flexibility index (Phi) is 4.42. The summed E-state index contributed by atoms with van der Waals surface area (Å²) in [6.45, 7) is 1.08. The first-order chi connectivity index (χ1) is 12.7. The zero-order valence-corrected chi connectivity index (χ0v) is 15.5. The fourth-order valence-corrected chi connectivity index (χ4v) is 3.22. The molecule has 26 heavy (non-hydrogen) atoms. The molecule has 1 aliphatic rings. The van der Waals surface area contributed by atoms with Crippen molar-refractivity contribution in [2.75, 3.05) is 20.2 Å². The SMILES string of the molecule is COc1ccccc1-c1noc(C2CN(C(=O)c3cncc(Br)c3)C2)n1. The van der Waals surface area contributed by atoms with Gasteiger partial charge in [-0.15, -0.1) is 0 Å². The lowest BCUT2D eigenvalue weighted by molar-refractivity contribution is 0.0568. The topological polar surface area (TPSA) is 81.4 Å². The van der Waals surface area contributed by atoms with E-state index in [-0.39, 0.29) is 11.8 Å². The van der Waals surface area contributed by atoms with Gasteiger partial charge >= 0.3 is 0 Å². The Hall–Kier alpha value is -2.74. The first-order valence-electron chi connectivity index (χ1n) is 8.02. The van der Waals surface area contributed by atoms with Crippen LogP contribution < -0.4 is 4.74 Å². The molecular formula is C18H15BrN4O3. The minimum absolute atomic E-state index is 0.0371. The van der Waals surface area contributed by atoms with Crippen LogP contribution >= 0.6 is 15.9 Å². The fraction of sp³-hybridized carbons (Fsp3) is 0.222. The molecule has 0 N–H and O–H groups in total. The van der Waals surface area contributed by atoms with Gasteiger partial charge in [0, 0.05) is 30.0 Å². The molecule has 0 radical (unpaired) electrons. The third-order valence-corrected chi connectivity index (χ3v) is 4.69. The van der Waals surface area contributed by atoms with Gasteiger partial charge < -0.3 is 14.2 Å². The molecule has 1 aliphatic heterocycles. The van der Waals surface area contributed by atoms with Crippen LogP contribution in [0.5, 0.6) is 5.75 Å². The molecule has 0 atom stereocenters. The van der Waals surface area contributed by atoms with Gasteiger partial charge in [0.25, 0.3) is 5.91 Å². The Morgan fingerprint density at radius 1 is 1.31 bits per heavy atom. The second-order valence-electron chi connectivity index (χ2n) is 5.96. The Labute approximate surface area is 158 Å². The highest BCUT2D eigenvalue weighted by Crippen LogP contribution is 2.31. The van der Waals surface area contributed by atoms with Crippen LogP contribution in [0.4, 0.5) is 0 Å². The van der Waals surface area contributed by atoms with Crippen LogP contribution in [0.1, 0.15) is 22.2 Å². The summed E-state index contributed by atoms with van der Waals surface area (Å²) in [5.74, 6) is 1.68. The Bertz CT molecular complexity index is 953. The second kappa shape index (κ2) is 6.87. The molecule has 3 heterocycles. The fourth-order valence-electron chi connectivity index (χ4n) is 2.85. The molecule has 132 valence electrons. The maximum absolute atomic E-state index is 12.4. The Morgan fingerprint density at radius 3 is 2.88 bits per heavy atom. The zero-order valence-electron chi connectivity index (χ0n) is 13.9. The third-order valence-electron chi connectivity index (χ3n) is 4.26. The van der Waals surface area contributed by atoms with Gasteiger partial charge in [-0.1, -0.05) is 17.3 Å². The molecule has 1 saturated heterocycles. The molecule has 0 bridgehead atoms. The van der Waals surface area contributed by atoms with Gasteiger partial charge in [0.05, 0.1) is 24.2 Å². The van der Waals surface area contributed by atoms with Crippen molar-refractivity contribution in [3.8, 4) is 17.1 Å². The number of methoxy groups -OCH3 is 1. The minimum Gasteiger partial charge on any atom is -0.496 e. The molecule has 0 aliphatic carbocycles. The van der Waals surface area contributed by atoms with E-state index in [2.05, 4.69) is 31.1 Å². The van der Waals surface area contributed by atoms with Crippen LogP contribution in [0.3, 0.4) is 0 Å². The number of hydrogen-bond acceptors (Lipinski definition) is 6. The number of aromatic nitrogens is 3. The van der Waals surface area contributed by atoms with Gasteiger partial charge in [-0.3, -0.25) is 9.78 Å². The molecular weight excluding hydrogens is 400 g/mol. The van der Waals surface area contributed by atoms with Crippen LogP contribution in [0, 0.1) is 0 Å². The molecule has 4 rings (SSSR count). The highest BCUT2D eigenvalue weighted by Gasteiger charge is 2.36. The summed E-state index contributed by atoms with van der Waals surface area (Å²) >= 11 is 3.33. The number of nitrogens with zero attached hydrogens (tertiary/aromatic N) is 4. The highest BCUT2D eigenvalue weighted by molar-refractivity contribution is 9.10. The summed E-state index contributed by atoms with van der Waals surface area (Å²) in [6.07, 6.45) is 3.21. The Morgan fingerprint density at radius 2 is 2.12 bits per heavy atom. The molecule has 1 fully saturated rings. The molecule has 7 nitrogen and oxygen atoms in total. The first kappa shape index (κ1) is 16.7. The van der Waals surface area contributed by atoms with Gasteiger partial charge in [0.1, 0.15) is 5.75 Å². The number of pyridine rings is 1. The number of halogens is 1. The standard InChI is InChI=1S/C18H15BrN4O3/c1-25-15-5-3-2-4-14(15)16-21-17(26-22-16)12-9-23(10-12)18(24)11-6-13(19)8-20-7-11/h2-8,12H,9-10H2,1H3. The van der Waals surface area contributed by atoms with E-state index in [0.717, 1.165) is 10.0 Å².